The lowest BCUT2D eigenvalue weighted by Gasteiger charge is -2.34. The number of carbonyl (C=O) groups is 1. The highest BCUT2D eigenvalue weighted by Gasteiger charge is 2.22. The van der Waals surface area contributed by atoms with Crippen molar-refractivity contribution in [3.05, 3.63) is 59.8 Å². The summed E-state index contributed by atoms with van der Waals surface area (Å²) in [5.41, 5.74) is 1.78. The van der Waals surface area contributed by atoms with Crippen molar-refractivity contribution >= 4 is 5.91 Å². The molecule has 162 valence electrons. The third-order valence-corrected chi connectivity index (χ3v) is 5.07. The van der Waals surface area contributed by atoms with Crippen LogP contribution in [0.15, 0.2) is 48.7 Å². The Labute approximate surface area is 179 Å². The lowest BCUT2D eigenvalue weighted by atomic mass is 10.1. The molecule has 30 heavy (non-hydrogen) atoms. The minimum Gasteiger partial charge on any atom is -0.475 e. The second-order valence-corrected chi connectivity index (χ2v) is 8.56. The third-order valence-electron chi connectivity index (χ3n) is 5.07. The summed E-state index contributed by atoms with van der Waals surface area (Å²) < 4.78 is 11.2. The number of pyridine rings is 1. The highest BCUT2D eigenvalue weighted by Crippen LogP contribution is 2.13. The fourth-order valence-corrected chi connectivity index (χ4v) is 3.38. The normalized spacial score (nSPS) is 15.2. The van der Waals surface area contributed by atoms with E-state index in [9.17, 15) is 4.79 Å². The number of carbonyl (C=O) groups excluding carboxylic acids is 1. The quantitative estimate of drug-likeness (QED) is 0.624. The standard InChI is InChI=1S/C24H33N3O3/c1-24(2,3)30-18-17-29-22-10-9-21(19-25-22)23(28)27-15-13-26(14-16-27)12-11-20-7-5-4-6-8-20/h4-10,19H,11-18H2,1-3H3. The predicted octanol–water partition coefficient (Wildman–Crippen LogP) is 3.28. The minimum atomic E-state index is -0.182. The summed E-state index contributed by atoms with van der Waals surface area (Å²) in [6.07, 6.45) is 2.64. The Balaban J connectivity index is 1.40. The van der Waals surface area contributed by atoms with Crippen LogP contribution >= 0.6 is 0 Å². The fraction of sp³-hybridized carbons (Fsp3) is 0.500. The van der Waals surface area contributed by atoms with Crippen LogP contribution in [0, 0.1) is 0 Å². The highest BCUT2D eigenvalue weighted by atomic mass is 16.5. The van der Waals surface area contributed by atoms with E-state index in [2.05, 4.69) is 34.1 Å². The molecule has 1 aliphatic rings. The highest BCUT2D eigenvalue weighted by molar-refractivity contribution is 5.94. The van der Waals surface area contributed by atoms with Gasteiger partial charge in [-0.25, -0.2) is 4.98 Å². The molecule has 2 aromatic rings. The van der Waals surface area contributed by atoms with Gasteiger partial charge >= 0.3 is 0 Å². The molecule has 0 radical (unpaired) electrons. The Morgan fingerprint density at radius 1 is 1.00 bits per heavy atom. The van der Waals surface area contributed by atoms with Gasteiger partial charge in [0.05, 0.1) is 17.8 Å². The first-order chi connectivity index (χ1) is 14.4. The maximum absolute atomic E-state index is 12.8. The van der Waals surface area contributed by atoms with Gasteiger partial charge in [-0.05, 0) is 38.8 Å². The number of piperazine rings is 1. The van der Waals surface area contributed by atoms with E-state index in [1.165, 1.54) is 5.56 Å². The first-order valence-electron chi connectivity index (χ1n) is 10.7. The molecule has 1 aromatic carbocycles. The molecule has 0 N–H and O–H groups in total. The lowest BCUT2D eigenvalue weighted by Crippen LogP contribution is -2.49. The molecule has 2 heterocycles. The molecule has 0 bridgehead atoms. The number of hydrogen-bond donors (Lipinski definition) is 0. The number of amides is 1. The van der Waals surface area contributed by atoms with E-state index in [0.717, 1.165) is 39.1 Å². The van der Waals surface area contributed by atoms with E-state index in [0.29, 0.717) is 24.7 Å². The maximum Gasteiger partial charge on any atom is 0.255 e. The Morgan fingerprint density at radius 3 is 2.37 bits per heavy atom. The molecule has 1 aliphatic heterocycles. The van der Waals surface area contributed by atoms with Crippen molar-refractivity contribution in [3.8, 4) is 5.88 Å². The van der Waals surface area contributed by atoms with E-state index in [4.69, 9.17) is 9.47 Å². The molecule has 0 atom stereocenters. The van der Waals surface area contributed by atoms with Crippen molar-refractivity contribution in [2.75, 3.05) is 45.9 Å². The zero-order chi connectivity index (χ0) is 21.4. The fourth-order valence-electron chi connectivity index (χ4n) is 3.38. The number of ether oxygens (including phenoxy) is 2. The molecule has 1 amide bonds. The third kappa shape index (κ3) is 7.11. The molecule has 0 saturated carbocycles. The van der Waals surface area contributed by atoms with Gasteiger partial charge in [0.1, 0.15) is 6.61 Å². The van der Waals surface area contributed by atoms with E-state index in [1.807, 2.05) is 31.7 Å². The molecule has 6 nitrogen and oxygen atoms in total. The van der Waals surface area contributed by atoms with Gasteiger partial charge in [-0.1, -0.05) is 30.3 Å². The SMILES string of the molecule is CC(C)(C)OCCOc1ccc(C(=O)N2CCN(CCc3ccccc3)CC2)cn1. The topological polar surface area (TPSA) is 54.9 Å². The Kier molecular flexibility index (Phi) is 7.82. The zero-order valence-corrected chi connectivity index (χ0v) is 18.3. The summed E-state index contributed by atoms with van der Waals surface area (Å²) in [7, 11) is 0. The van der Waals surface area contributed by atoms with Crippen molar-refractivity contribution < 1.29 is 14.3 Å². The minimum absolute atomic E-state index is 0.0350. The van der Waals surface area contributed by atoms with Gasteiger partial charge in [0.2, 0.25) is 5.88 Å². The summed E-state index contributed by atoms with van der Waals surface area (Å²) in [4.78, 5) is 21.4. The molecule has 1 fully saturated rings. The average molecular weight is 412 g/mol. The van der Waals surface area contributed by atoms with Crippen molar-refractivity contribution in [3.63, 3.8) is 0 Å². The predicted molar refractivity (Wildman–Crippen MR) is 118 cm³/mol. The van der Waals surface area contributed by atoms with Crippen LogP contribution in [-0.4, -0.2) is 72.2 Å². The van der Waals surface area contributed by atoms with Gasteiger partial charge in [0.25, 0.3) is 5.91 Å². The van der Waals surface area contributed by atoms with Crippen LogP contribution in [0.2, 0.25) is 0 Å². The van der Waals surface area contributed by atoms with Gasteiger partial charge in [-0.2, -0.15) is 0 Å². The number of aromatic nitrogens is 1. The molecule has 0 aliphatic carbocycles. The molecule has 1 aromatic heterocycles. The second kappa shape index (κ2) is 10.5. The van der Waals surface area contributed by atoms with E-state index in [-0.39, 0.29) is 11.5 Å². The molecule has 0 spiro atoms. The van der Waals surface area contributed by atoms with Gasteiger partial charge in [-0.15, -0.1) is 0 Å². The molecular weight excluding hydrogens is 378 g/mol. The van der Waals surface area contributed by atoms with E-state index >= 15 is 0 Å². The van der Waals surface area contributed by atoms with Crippen LogP contribution in [0.25, 0.3) is 0 Å². The maximum atomic E-state index is 12.8. The molecular formula is C24H33N3O3. The largest absolute Gasteiger partial charge is 0.475 e. The summed E-state index contributed by atoms with van der Waals surface area (Å²) in [5.74, 6) is 0.544. The van der Waals surface area contributed by atoms with Crippen LogP contribution in [-0.2, 0) is 11.2 Å². The van der Waals surface area contributed by atoms with Crippen LogP contribution in [0.5, 0.6) is 5.88 Å². The summed E-state index contributed by atoms with van der Waals surface area (Å²) in [6.45, 7) is 11.3. The monoisotopic (exact) mass is 411 g/mol. The van der Waals surface area contributed by atoms with Gasteiger partial charge in [0, 0.05) is 45.0 Å². The van der Waals surface area contributed by atoms with Crippen molar-refractivity contribution in [1.82, 2.24) is 14.8 Å². The number of nitrogens with zero attached hydrogens (tertiary/aromatic N) is 3. The average Bonchev–Trinajstić information content (AvgIpc) is 2.76. The Hall–Kier alpha value is -2.44. The Morgan fingerprint density at radius 2 is 1.73 bits per heavy atom. The number of hydrogen-bond acceptors (Lipinski definition) is 5. The van der Waals surface area contributed by atoms with Crippen molar-refractivity contribution in [2.45, 2.75) is 32.8 Å². The first-order valence-corrected chi connectivity index (χ1v) is 10.7. The van der Waals surface area contributed by atoms with Crippen LogP contribution < -0.4 is 4.74 Å². The zero-order valence-electron chi connectivity index (χ0n) is 18.3. The Bertz CT molecular complexity index is 780. The second-order valence-electron chi connectivity index (χ2n) is 8.56. The van der Waals surface area contributed by atoms with Crippen molar-refractivity contribution in [1.29, 1.82) is 0 Å². The molecule has 0 unspecified atom stereocenters. The van der Waals surface area contributed by atoms with Crippen LogP contribution in [0.3, 0.4) is 0 Å². The van der Waals surface area contributed by atoms with Crippen molar-refractivity contribution in [2.24, 2.45) is 0 Å². The van der Waals surface area contributed by atoms with E-state index in [1.54, 1.807) is 18.3 Å². The molecule has 3 rings (SSSR count). The van der Waals surface area contributed by atoms with Gasteiger partial charge < -0.3 is 14.4 Å². The van der Waals surface area contributed by atoms with E-state index < -0.39 is 0 Å². The lowest BCUT2D eigenvalue weighted by molar-refractivity contribution is -0.0168. The van der Waals surface area contributed by atoms with Gasteiger partial charge in [0.15, 0.2) is 0 Å². The van der Waals surface area contributed by atoms with Gasteiger partial charge in [-0.3, -0.25) is 9.69 Å². The molecule has 6 heteroatoms. The number of benzene rings is 1. The summed E-state index contributed by atoms with van der Waals surface area (Å²) in [5, 5.41) is 0. The molecule has 1 saturated heterocycles. The number of rotatable bonds is 8. The summed E-state index contributed by atoms with van der Waals surface area (Å²) >= 11 is 0. The van der Waals surface area contributed by atoms with Crippen LogP contribution in [0.1, 0.15) is 36.7 Å². The van der Waals surface area contributed by atoms with Crippen LogP contribution in [0.4, 0.5) is 0 Å². The smallest absolute Gasteiger partial charge is 0.255 e. The first kappa shape index (κ1) is 22.2. The summed E-state index contributed by atoms with van der Waals surface area (Å²) in [6, 6.07) is 14.1.